The summed E-state index contributed by atoms with van der Waals surface area (Å²) >= 11 is 0. The van der Waals surface area contributed by atoms with E-state index in [0.717, 1.165) is 34.8 Å². The molecule has 7 heteroatoms. The molecule has 0 aromatic heterocycles. The van der Waals surface area contributed by atoms with E-state index in [1.807, 2.05) is 43.3 Å². The number of nitrogens with zero attached hydrogens (tertiary/aromatic N) is 1. The molecule has 1 saturated heterocycles. The van der Waals surface area contributed by atoms with Crippen LogP contribution in [0.4, 0.5) is 17.1 Å². The molecule has 3 rings (SSSR count). The van der Waals surface area contributed by atoms with Gasteiger partial charge in [0.1, 0.15) is 0 Å². The lowest BCUT2D eigenvalue weighted by Gasteiger charge is -2.16. The predicted molar refractivity (Wildman–Crippen MR) is 113 cm³/mol. The largest absolute Gasteiger partial charge is 0.322 e. The number of aryl methyl sites for hydroxylation is 1. The molecule has 2 aromatic carbocycles. The van der Waals surface area contributed by atoms with Crippen LogP contribution in [0.1, 0.15) is 18.4 Å². The number of amides is 3. The number of likely N-dealkylation sites (N-methyl/N-ethyl adjacent to an activating group) is 1. The van der Waals surface area contributed by atoms with Crippen LogP contribution >= 0.6 is 0 Å². The highest BCUT2D eigenvalue weighted by Crippen LogP contribution is 2.22. The van der Waals surface area contributed by atoms with Gasteiger partial charge in [0.15, 0.2) is 13.1 Å². The van der Waals surface area contributed by atoms with E-state index in [1.54, 1.807) is 24.1 Å². The fraction of sp³-hybridized carbons (Fsp3) is 0.318. The van der Waals surface area contributed by atoms with E-state index in [4.69, 9.17) is 0 Å². The molecule has 0 spiro atoms. The molecule has 1 aliphatic rings. The lowest BCUT2D eigenvalue weighted by molar-refractivity contribution is -0.862. The van der Waals surface area contributed by atoms with Crippen molar-refractivity contribution in [2.75, 3.05) is 42.2 Å². The molecule has 1 heterocycles. The van der Waals surface area contributed by atoms with E-state index in [1.165, 1.54) is 0 Å². The molecular weight excluding hydrogens is 368 g/mol. The van der Waals surface area contributed by atoms with Gasteiger partial charge in [0.25, 0.3) is 11.8 Å². The highest BCUT2D eigenvalue weighted by atomic mass is 16.2. The van der Waals surface area contributed by atoms with Crippen molar-refractivity contribution in [3.63, 3.8) is 0 Å². The second-order valence-corrected chi connectivity index (χ2v) is 7.47. The number of quaternary nitrogens is 1. The van der Waals surface area contributed by atoms with Crippen molar-refractivity contribution in [1.29, 1.82) is 0 Å². The van der Waals surface area contributed by atoms with Crippen LogP contribution in [-0.4, -0.2) is 44.4 Å². The van der Waals surface area contributed by atoms with Crippen molar-refractivity contribution >= 4 is 34.8 Å². The lowest BCUT2D eigenvalue weighted by Crippen LogP contribution is -3.11. The minimum absolute atomic E-state index is 0.135. The van der Waals surface area contributed by atoms with Crippen LogP contribution in [0.25, 0.3) is 0 Å². The van der Waals surface area contributed by atoms with Gasteiger partial charge in [0, 0.05) is 30.0 Å². The Morgan fingerprint density at radius 2 is 1.45 bits per heavy atom. The smallest absolute Gasteiger partial charge is 0.279 e. The fourth-order valence-corrected chi connectivity index (χ4v) is 3.30. The van der Waals surface area contributed by atoms with Gasteiger partial charge in [-0.25, -0.2) is 0 Å². The first kappa shape index (κ1) is 20.5. The van der Waals surface area contributed by atoms with Gasteiger partial charge in [0.05, 0.1) is 7.05 Å². The number of hydrogen-bond acceptors (Lipinski definition) is 3. The zero-order valence-electron chi connectivity index (χ0n) is 16.8. The molecule has 1 fully saturated rings. The molecule has 1 atom stereocenters. The van der Waals surface area contributed by atoms with E-state index < -0.39 is 0 Å². The Morgan fingerprint density at radius 3 is 1.93 bits per heavy atom. The number of benzene rings is 2. The second-order valence-electron chi connectivity index (χ2n) is 7.47. The third-order valence-electron chi connectivity index (χ3n) is 4.80. The Labute approximate surface area is 170 Å². The molecule has 7 nitrogen and oxygen atoms in total. The standard InChI is InChI=1S/C22H26N4O3/c1-16-5-7-17(8-6-16)23-20(27)14-25(2)15-21(28)24-18-9-11-19(12-10-18)26-13-3-4-22(26)29/h5-12H,3-4,13-15H2,1-2H3,(H,23,27)(H,24,28)/p+1. The highest BCUT2D eigenvalue weighted by Gasteiger charge is 2.21. The molecule has 0 radical (unpaired) electrons. The maximum atomic E-state index is 12.3. The molecule has 3 N–H and O–H groups in total. The maximum absolute atomic E-state index is 12.3. The molecule has 1 aliphatic heterocycles. The summed E-state index contributed by atoms with van der Waals surface area (Å²) in [4.78, 5) is 38.7. The Kier molecular flexibility index (Phi) is 6.61. The number of anilines is 3. The topological polar surface area (TPSA) is 82.9 Å². The minimum atomic E-state index is -0.171. The summed E-state index contributed by atoms with van der Waals surface area (Å²) in [6, 6.07) is 14.8. The summed E-state index contributed by atoms with van der Waals surface area (Å²) < 4.78 is 0. The number of carbonyl (C=O) groups excluding carboxylic acids is 3. The van der Waals surface area contributed by atoms with Crippen LogP contribution in [0.15, 0.2) is 48.5 Å². The molecule has 0 aliphatic carbocycles. The second kappa shape index (κ2) is 9.34. The van der Waals surface area contributed by atoms with Gasteiger partial charge in [-0.05, 0) is 49.7 Å². The first-order chi connectivity index (χ1) is 13.9. The van der Waals surface area contributed by atoms with Gasteiger partial charge in [-0.15, -0.1) is 0 Å². The molecular formula is C22H27N4O3+. The van der Waals surface area contributed by atoms with Crippen LogP contribution in [0.2, 0.25) is 0 Å². The van der Waals surface area contributed by atoms with Crippen molar-refractivity contribution in [3.8, 4) is 0 Å². The molecule has 0 bridgehead atoms. The van der Waals surface area contributed by atoms with E-state index in [-0.39, 0.29) is 30.8 Å². The highest BCUT2D eigenvalue weighted by molar-refractivity contribution is 5.96. The fourth-order valence-electron chi connectivity index (χ4n) is 3.30. The Hall–Kier alpha value is -3.19. The third kappa shape index (κ3) is 5.89. The van der Waals surface area contributed by atoms with Gasteiger partial charge in [-0.3, -0.25) is 14.4 Å². The van der Waals surface area contributed by atoms with Crippen LogP contribution < -0.4 is 20.4 Å². The van der Waals surface area contributed by atoms with Crippen molar-refractivity contribution < 1.29 is 19.3 Å². The summed E-state index contributed by atoms with van der Waals surface area (Å²) in [5.74, 6) is -0.176. The average molecular weight is 395 g/mol. The van der Waals surface area contributed by atoms with E-state index in [2.05, 4.69) is 10.6 Å². The zero-order chi connectivity index (χ0) is 20.8. The SMILES string of the molecule is Cc1ccc(NC(=O)C[NH+](C)CC(=O)Nc2ccc(N3CCCC3=O)cc2)cc1. The first-order valence-electron chi connectivity index (χ1n) is 9.79. The molecule has 0 saturated carbocycles. The van der Waals surface area contributed by atoms with Gasteiger partial charge >= 0.3 is 0 Å². The predicted octanol–water partition coefficient (Wildman–Crippen LogP) is 1.21. The zero-order valence-corrected chi connectivity index (χ0v) is 16.8. The average Bonchev–Trinajstić information content (AvgIpc) is 3.10. The van der Waals surface area contributed by atoms with Crippen molar-refractivity contribution in [2.24, 2.45) is 0 Å². The van der Waals surface area contributed by atoms with Crippen LogP contribution in [-0.2, 0) is 14.4 Å². The lowest BCUT2D eigenvalue weighted by atomic mass is 10.2. The summed E-state index contributed by atoms with van der Waals surface area (Å²) in [5, 5.41) is 5.67. The molecule has 3 amide bonds. The molecule has 152 valence electrons. The van der Waals surface area contributed by atoms with Gasteiger partial charge in [0.2, 0.25) is 5.91 Å². The Bertz CT molecular complexity index is 878. The number of rotatable bonds is 7. The van der Waals surface area contributed by atoms with Crippen LogP contribution in [0.3, 0.4) is 0 Å². The molecule has 1 unspecified atom stereocenters. The monoisotopic (exact) mass is 395 g/mol. The summed E-state index contributed by atoms with van der Waals surface area (Å²) in [6.07, 6.45) is 1.47. The van der Waals surface area contributed by atoms with Crippen molar-refractivity contribution in [3.05, 3.63) is 54.1 Å². The van der Waals surface area contributed by atoms with Gasteiger partial charge in [-0.2, -0.15) is 0 Å². The maximum Gasteiger partial charge on any atom is 0.279 e. The molecule has 29 heavy (non-hydrogen) atoms. The summed E-state index contributed by atoms with van der Waals surface area (Å²) in [5.41, 5.74) is 3.39. The normalized spacial score (nSPS) is 14.6. The van der Waals surface area contributed by atoms with Gasteiger partial charge < -0.3 is 20.4 Å². The molecule has 2 aromatic rings. The minimum Gasteiger partial charge on any atom is -0.322 e. The van der Waals surface area contributed by atoms with Crippen molar-refractivity contribution in [1.82, 2.24) is 0 Å². The Morgan fingerprint density at radius 1 is 0.931 bits per heavy atom. The van der Waals surface area contributed by atoms with Crippen LogP contribution in [0, 0.1) is 6.92 Å². The number of nitrogens with one attached hydrogen (secondary N) is 3. The van der Waals surface area contributed by atoms with Crippen LogP contribution in [0.5, 0.6) is 0 Å². The van der Waals surface area contributed by atoms with E-state index in [9.17, 15) is 14.4 Å². The van der Waals surface area contributed by atoms with Crippen molar-refractivity contribution in [2.45, 2.75) is 19.8 Å². The van der Waals surface area contributed by atoms with Gasteiger partial charge in [-0.1, -0.05) is 17.7 Å². The number of carbonyl (C=O) groups is 3. The van der Waals surface area contributed by atoms with E-state index in [0.29, 0.717) is 12.1 Å². The first-order valence-corrected chi connectivity index (χ1v) is 9.79. The summed E-state index contributed by atoms with van der Waals surface area (Å²) in [6.45, 7) is 3.09. The quantitative estimate of drug-likeness (QED) is 0.659. The Balaban J connectivity index is 1.45. The summed E-state index contributed by atoms with van der Waals surface area (Å²) in [7, 11) is 1.80. The van der Waals surface area contributed by atoms with E-state index >= 15 is 0 Å². The third-order valence-corrected chi connectivity index (χ3v) is 4.80. The number of hydrogen-bond donors (Lipinski definition) is 3.